The zero-order chi connectivity index (χ0) is 18.9. The normalized spacial score (nSPS) is 20.8. The largest absolute Gasteiger partial charge is 0.377 e. The van der Waals surface area contributed by atoms with Crippen molar-refractivity contribution in [3.05, 3.63) is 47.1 Å². The average molecular weight is 371 g/mol. The third kappa shape index (κ3) is 3.49. The van der Waals surface area contributed by atoms with Gasteiger partial charge < -0.3 is 18.9 Å². The van der Waals surface area contributed by atoms with Gasteiger partial charge in [-0.25, -0.2) is 0 Å². The van der Waals surface area contributed by atoms with E-state index in [1.807, 2.05) is 17.0 Å². The van der Waals surface area contributed by atoms with E-state index in [4.69, 9.17) is 14.0 Å². The number of pyridine rings is 1. The molecule has 0 radical (unpaired) electrons. The summed E-state index contributed by atoms with van der Waals surface area (Å²) in [6, 6.07) is 3.93. The van der Waals surface area contributed by atoms with E-state index in [1.165, 1.54) is 0 Å². The number of hydrogen-bond acceptors (Lipinski definition) is 6. The van der Waals surface area contributed by atoms with Gasteiger partial charge in [0.15, 0.2) is 0 Å². The van der Waals surface area contributed by atoms with Crippen LogP contribution in [0.15, 0.2) is 29.0 Å². The topological polar surface area (TPSA) is 77.7 Å². The molecule has 1 amide bonds. The Morgan fingerprint density at radius 1 is 1.33 bits per heavy atom. The van der Waals surface area contributed by atoms with Crippen molar-refractivity contribution in [2.24, 2.45) is 5.92 Å². The molecule has 0 unspecified atom stereocenters. The molecule has 4 rings (SSSR count). The number of likely N-dealkylation sites (tertiary alicyclic amines) is 1. The van der Waals surface area contributed by atoms with Gasteiger partial charge in [0.1, 0.15) is 16.9 Å². The molecule has 0 saturated carbocycles. The van der Waals surface area contributed by atoms with Crippen LogP contribution in [0.4, 0.5) is 0 Å². The molecule has 27 heavy (non-hydrogen) atoms. The maximum atomic E-state index is 12.7. The summed E-state index contributed by atoms with van der Waals surface area (Å²) in [7, 11) is 0. The molecule has 2 saturated heterocycles. The van der Waals surface area contributed by atoms with Gasteiger partial charge >= 0.3 is 0 Å². The second kappa shape index (κ2) is 7.40. The Balaban J connectivity index is 1.28. The number of carbonyl (C=O) groups is 1. The maximum absolute atomic E-state index is 12.7. The van der Waals surface area contributed by atoms with Crippen LogP contribution in [0.25, 0.3) is 0 Å². The molecular formula is C20H25N3O4. The molecular weight excluding hydrogens is 346 g/mol. The molecule has 2 aliphatic heterocycles. The van der Waals surface area contributed by atoms with Gasteiger partial charge in [0.2, 0.25) is 0 Å². The lowest BCUT2D eigenvalue weighted by molar-refractivity contribution is -0.120. The highest BCUT2D eigenvalue weighted by molar-refractivity contribution is 5.96. The van der Waals surface area contributed by atoms with E-state index in [-0.39, 0.29) is 11.5 Å². The molecule has 7 heteroatoms. The highest BCUT2D eigenvalue weighted by Gasteiger charge is 2.54. The Labute approximate surface area is 158 Å². The number of aromatic nitrogens is 2. The van der Waals surface area contributed by atoms with Crippen LogP contribution < -0.4 is 0 Å². The molecule has 0 bridgehead atoms. The van der Waals surface area contributed by atoms with E-state index < -0.39 is 0 Å². The molecule has 0 N–H and O–H groups in total. The Morgan fingerprint density at radius 3 is 2.81 bits per heavy atom. The van der Waals surface area contributed by atoms with Crippen molar-refractivity contribution < 1.29 is 18.8 Å². The smallest absolute Gasteiger partial charge is 0.259 e. The molecule has 2 aliphatic rings. The third-order valence-corrected chi connectivity index (χ3v) is 5.68. The summed E-state index contributed by atoms with van der Waals surface area (Å²) in [5.74, 6) is 0.982. The fourth-order valence-electron chi connectivity index (χ4n) is 4.13. The molecule has 7 nitrogen and oxygen atoms in total. The van der Waals surface area contributed by atoms with Crippen LogP contribution in [-0.2, 0) is 16.1 Å². The highest BCUT2D eigenvalue weighted by Crippen LogP contribution is 2.42. The first-order valence-electron chi connectivity index (χ1n) is 9.42. The van der Waals surface area contributed by atoms with Gasteiger partial charge in [0, 0.05) is 25.6 Å². The first-order valence-corrected chi connectivity index (χ1v) is 9.42. The second-order valence-electron chi connectivity index (χ2n) is 7.46. The molecule has 2 aromatic heterocycles. The summed E-state index contributed by atoms with van der Waals surface area (Å²) in [5.41, 5.74) is 2.14. The predicted molar refractivity (Wildman–Crippen MR) is 97.2 cm³/mol. The SMILES string of the molecule is Cc1noc(C)c1C(=O)N1CC2(C1)OCC[C@@H]2CCOCc1ccncc1. The minimum atomic E-state index is -0.214. The van der Waals surface area contributed by atoms with Gasteiger partial charge in [0.05, 0.1) is 25.4 Å². The number of rotatable bonds is 6. The van der Waals surface area contributed by atoms with Crippen LogP contribution in [-0.4, -0.2) is 52.9 Å². The van der Waals surface area contributed by atoms with Crippen molar-refractivity contribution in [1.82, 2.24) is 15.0 Å². The van der Waals surface area contributed by atoms with Gasteiger partial charge in [-0.1, -0.05) is 5.16 Å². The average Bonchev–Trinajstić information content (AvgIpc) is 3.21. The zero-order valence-electron chi connectivity index (χ0n) is 15.8. The highest BCUT2D eigenvalue weighted by atomic mass is 16.5. The summed E-state index contributed by atoms with van der Waals surface area (Å²) in [6.45, 7) is 6.87. The number of amides is 1. The van der Waals surface area contributed by atoms with E-state index in [0.717, 1.165) is 25.0 Å². The van der Waals surface area contributed by atoms with Gasteiger partial charge in [0.25, 0.3) is 5.91 Å². The number of carbonyl (C=O) groups excluding carboxylic acids is 1. The van der Waals surface area contributed by atoms with Gasteiger partial charge in [-0.2, -0.15) is 0 Å². The van der Waals surface area contributed by atoms with Crippen LogP contribution >= 0.6 is 0 Å². The molecule has 4 heterocycles. The minimum absolute atomic E-state index is 0.0138. The quantitative estimate of drug-likeness (QED) is 0.726. The van der Waals surface area contributed by atoms with Crippen LogP contribution in [0.2, 0.25) is 0 Å². The first kappa shape index (κ1) is 18.1. The fourth-order valence-corrected chi connectivity index (χ4v) is 4.13. The molecule has 144 valence electrons. The van der Waals surface area contributed by atoms with E-state index in [0.29, 0.717) is 49.2 Å². The van der Waals surface area contributed by atoms with Gasteiger partial charge in [-0.15, -0.1) is 0 Å². The Bertz CT molecular complexity index is 779. The summed E-state index contributed by atoms with van der Waals surface area (Å²) in [6.07, 6.45) is 5.51. The lowest BCUT2D eigenvalue weighted by Crippen LogP contribution is -2.66. The lowest BCUT2D eigenvalue weighted by Gasteiger charge is -2.50. The predicted octanol–water partition coefficient (Wildman–Crippen LogP) is 2.52. The molecule has 0 aliphatic carbocycles. The van der Waals surface area contributed by atoms with Crippen molar-refractivity contribution in [2.45, 2.75) is 38.9 Å². The Morgan fingerprint density at radius 2 is 2.11 bits per heavy atom. The maximum Gasteiger partial charge on any atom is 0.259 e. The van der Waals surface area contributed by atoms with E-state index in [1.54, 1.807) is 26.2 Å². The Hall–Kier alpha value is -2.25. The van der Waals surface area contributed by atoms with Crippen LogP contribution in [0.5, 0.6) is 0 Å². The van der Waals surface area contributed by atoms with Crippen molar-refractivity contribution in [2.75, 3.05) is 26.3 Å². The standard InChI is InChI=1S/C20H25N3O4/c1-14-18(15(2)27-22-14)19(24)23-12-20(13-23)17(6-10-26-20)5-9-25-11-16-3-7-21-8-4-16/h3-4,7-8,17H,5-6,9-13H2,1-2H3/t17-/m0/s1. The summed E-state index contributed by atoms with van der Waals surface area (Å²) < 4.78 is 17.0. The van der Waals surface area contributed by atoms with Crippen molar-refractivity contribution in [3.63, 3.8) is 0 Å². The molecule has 1 atom stereocenters. The monoisotopic (exact) mass is 371 g/mol. The van der Waals surface area contributed by atoms with Crippen LogP contribution in [0.3, 0.4) is 0 Å². The summed E-state index contributed by atoms with van der Waals surface area (Å²) >= 11 is 0. The Kier molecular flexibility index (Phi) is 4.97. The second-order valence-corrected chi connectivity index (χ2v) is 7.46. The van der Waals surface area contributed by atoms with E-state index >= 15 is 0 Å². The van der Waals surface area contributed by atoms with E-state index in [9.17, 15) is 4.79 Å². The number of nitrogens with zero attached hydrogens (tertiary/aromatic N) is 3. The molecule has 1 spiro atoms. The number of ether oxygens (including phenoxy) is 2. The summed E-state index contributed by atoms with van der Waals surface area (Å²) in [5, 5.41) is 3.88. The van der Waals surface area contributed by atoms with Crippen LogP contribution in [0, 0.1) is 19.8 Å². The zero-order valence-corrected chi connectivity index (χ0v) is 15.8. The first-order chi connectivity index (χ1) is 13.1. The molecule has 2 aromatic rings. The van der Waals surface area contributed by atoms with Gasteiger partial charge in [-0.3, -0.25) is 9.78 Å². The lowest BCUT2D eigenvalue weighted by atomic mass is 9.79. The molecule has 2 fully saturated rings. The van der Waals surface area contributed by atoms with Crippen LogP contribution in [0.1, 0.15) is 40.2 Å². The van der Waals surface area contributed by atoms with Crippen molar-refractivity contribution >= 4 is 5.91 Å². The minimum Gasteiger partial charge on any atom is -0.377 e. The van der Waals surface area contributed by atoms with Crippen molar-refractivity contribution in [1.29, 1.82) is 0 Å². The van der Waals surface area contributed by atoms with Gasteiger partial charge in [-0.05, 0) is 50.3 Å². The van der Waals surface area contributed by atoms with E-state index in [2.05, 4.69) is 10.1 Å². The number of aryl methyl sites for hydroxylation is 2. The van der Waals surface area contributed by atoms with Crippen molar-refractivity contribution in [3.8, 4) is 0 Å². The molecule has 0 aromatic carbocycles. The summed E-state index contributed by atoms with van der Waals surface area (Å²) in [4.78, 5) is 18.6. The fraction of sp³-hybridized carbons (Fsp3) is 0.550. The third-order valence-electron chi connectivity index (χ3n) is 5.68. The number of hydrogen-bond donors (Lipinski definition) is 0.